The van der Waals surface area contributed by atoms with Crippen molar-refractivity contribution in [3.05, 3.63) is 76.3 Å². The van der Waals surface area contributed by atoms with Crippen molar-refractivity contribution in [3.63, 3.8) is 0 Å². The van der Waals surface area contributed by atoms with Crippen molar-refractivity contribution >= 4 is 17.2 Å². The van der Waals surface area contributed by atoms with Crippen LogP contribution in [0.15, 0.2) is 47.8 Å². The first-order valence-corrected chi connectivity index (χ1v) is 8.65. The highest BCUT2D eigenvalue weighted by molar-refractivity contribution is 7.13. The molecule has 3 nitrogen and oxygen atoms in total. The van der Waals surface area contributed by atoms with E-state index in [0.717, 1.165) is 22.3 Å². The first kappa shape index (κ1) is 17.2. The third kappa shape index (κ3) is 4.28. The van der Waals surface area contributed by atoms with E-state index in [4.69, 9.17) is 0 Å². The summed E-state index contributed by atoms with van der Waals surface area (Å²) in [5.74, 6) is -1.44. The van der Waals surface area contributed by atoms with Crippen LogP contribution in [-0.2, 0) is 6.42 Å². The van der Waals surface area contributed by atoms with Gasteiger partial charge in [0.25, 0.3) is 5.91 Å². The van der Waals surface area contributed by atoms with Crippen LogP contribution >= 0.6 is 11.3 Å². The van der Waals surface area contributed by atoms with Gasteiger partial charge in [-0.15, -0.1) is 11.3 Å². The second-order valence-electron chi connectivity index (χ2n) is 5.61. The molecule has 0 fully saturated rings. The Morgan fingerprint density at radius 2 is 1.92 bits per heavy atom. The molecule has 0 unspecified atom stereocenters. The van der Waals surface area contributed by atoms with Crippen LogP contribution < -0.4 is 5.32 Å². The highest BCUT2D eigenvalue weighted by Crippen LogP contribution is 2.23. The van der Waals surface area contributed by atoms with Crippen LogP contribution in [0.2, 0.25) is 0 Å². The fraction of sp³-hybridized carbons (Fsp3) is 0.158. The molecular weight excluding hydrogens is 342 g/mol. The van der Waals surface area contributed by atoms with Gasteiger partial charge in [-0.05, 0) is 37.1 Å². The first-order valence-electron chi connectivity index (χ1n) is 7.77. The van der Waals surface area contributed by atoms with Crippen LogP contribution in [0.5, 0.6) is 0 Å². The Morgan fingerprint density at radius 1 is 1.16 bits per heavy atom. The second-order valence-corrected chi connectivity index (χ2v) is 6.47. The molecule has 3 rings (SSSR count). The number of aromatic nitrogens is 1. The van der Waals surface area contributed by atoms with Crippen LogP contribution in [-0.4, -0.2) is 17.4 Å². The lowest BCUT2D eigenvalue weighted by molar-refractivity contribution is 0.0954. The molecular formula is C19H16F2N2OS. The van der Waals surface area contributed by atoms with E-state index in [0.29, 0.717) is 17.5 Å². The maximum atomic E-state index is 13.5. The zero-order chi connectivity index (χ0) is 17.8. The molecule has 1 heterocycles. The second kappa shape index (κ2) is 7.53. The van der Waals surface area contributed by atoms with Crippen LogP contribution in [0, 0.1) is 18.6 Å². The summed E-state index contributed by atoms with van der Waals surface area (Å²) in [4.78, 5) is 16.6. The molecule has 1 N–H and O–H groups in total. The minimum atomic E-state index is -0.610. The van der Waals surface area contributed by atoms with E-state index in [-0.39, 0.29) is 12.5 Å². The largest absolute Gasteiger partial charge is 0.352 e. The molecule has 25 heavy (non-hydrogen) atoms. The van der Waals surface area contributed by atoms with Gasteiger partial charge in [0.2, 0.25) is 0 Å². The maximum absolute atomic E-state index is 13.5. The Kier molecular flexibility index (Phi) is 5.19. The van der Waals surface area contributed by atoms with Crippen molar-refractivity contribution in [3.8, 4) is 10.6 Å². The number of hydrogen-bond acceptors (Lipinski definition) is 3. The lowest BCUT2D eigenvalue weighted by Crippen LogP contribution is -2.25. The molecule has 0 spiro atoms. The quantitative estimate of drug-likeness (QED) is 0.736. The average Bonchev–Trinajstić information content (AvgIpc) is 3.03. The number of nitrogens with one attached hydrogen (secondary N) is 1. The lowest BCUT2D eigenvalue weighted by Gasteiger charge is -2.07. The zero-order valence-corrected chi connectivity index (χ0v) is 14.4. The molecule has 128 valence electrons. The number of hydrogen-bond donors (Lipinski definition) is 1. The van der Waals surface area contributed by atoms with E-state index < -0.39 is 11.6 Å². The standard InChI is InChI=1S/C19H16F2N2OS/c1-12-11-25-19(23-12)15-4-2-14(3-5-15)18(24)22-9-8-13-6-7-16(20)10-17(13)21/h2-7,10-11H,8-9H2,1H3,(H,22,24). The molecule has 0 aliphatic heterocycles. The molecule has 0 atom stereocenters. The van der Waals surface area contributed by atoms with Crippen molar-refractivity contribution in [2.75, 3.05) is 6.54 Å². The van der Waals surface area contributed by atoms with Crippen molar-refractivity contribution in [2.45, 2.75) is 13.3 Å². The molecule has 1 aromatic heterocycles. The SMILES string of the molecule is Cc1csc(-c2ccc(C(=O)NCCc3ccc(F)cc3F)cc2)n1. The molecule has 1 amide bonds. The zero-order valence-electron chi connectivity index (χ0n) is 13.6. The molecule has 0 bridgehead atoms. The lowest BCUT2D eigenvalue weighted by atomic mass is 10.1. The molecule has 6 heteroatoms. The number of rotatable bonds is 5. The van der Waals surface area contributed by atoms with Crippen molar-refractivity contribution < 1.29 is 13.6 Å². The van der Waals surface area contributed by atoms with Gasteiger partial charge in [0.05, 0.1) is 0 Å². The van der Waals surface area contributed by atoms with Gasteiger partial charge >= 0.3 is 0 Å². The van der Waals surface area contributed by atoms with Gasteiger partial charge in [-0.25, -0.2) is 13.8 Å². The third-order valence-corrected chi connectivity index (χ3v) is 4.72. The molecule has 3 aromatic rings. The number of carbonyl (C=O) groups excluding carboxylic acids is 1. The van der Waals surface area contributed by atoms with Gasteiger partial charge in [-0.2, -0.15) is 0 Å². The molecule has 0 aliphatic rings. The number of benzene rings is 2. The Bertz CT molecular complexity index is 891. The summed E-state index contributed by atoms with van der Waals surface area (Å²) >= 11 is 1.56. The topological polar surface area (TPSA) is 42.0 Å². The average molecular weight is 358 g/mol. The number of nitrogens with zero attached hydrogens (tertiary/aromatic N) is 1. The van der Waals surface area contributed by atoms with Gasteiger partial charge < -0.3 is 5.32 Å². The minimum Gasteiger partial charge on any atom is -0.352 e. The summed E-state index contributed by atoms with van der Waals surface area (Å²) in [5, 5.41) is 5.63. The highest BCUT2D eigenvalue weighted by Gasteiger charge is 2.08. The van der Waals surface area contributed by atoms with Crippen molar-refractivity contribution in [1.82, 2.24) is 10.3 Å². The molecule has 0 radical (unpaired) electrons. The fourth-order valence-corrected chi connectivity index (χ4v) is 3.19. The summed E-state index contributed by atoms with van der Waals surface area (Å²) in [6.45, 7) is 2.21. The first-order chi connectivity index (χ1) is 12.0. The number of carbonyl (C=O) groups is 1. The van der Waals surface area contributed by atoms with Crippen LogP contribution in [0.3, 0.4) is 0 Å². The van der Waals surface area contributed by atoms with Gasteiger partial charge in [-0.3, -0.25) is 4.79 Å². The van der Waals surface area contributed by atoms with Gasteiger partial charge in [-0.1, -0.05) is 18.2 Å². The summed E-state index contributed by atoms with van der Waals surface area (Å²) in [5.41, 5.74) is 2.82. The molecule has 0 saturated carbocycles. The predicted octanol–water partition coefficient (Wildman–Crippen LogP) is 4.37. The molecule has 0 aliphatic carbocycles. The Hall–Kier alpha value is -2.60. The van der Waals surface area contributed by atoms with E-state index in [1.54, 1.807) is 23.5 Å². The smallest absolute Gasteiger partial charge is 0.251 e. The predicted molar refractivity (Wildman–Crippen MR) is 94.7 cm³/mol. The third-order valence-electron chi connectivity index (χ3n) is 3.71. The van der Waals surface area contributed by atoms with Gasteiger partial charge in [0.15, 0.2) is 0 Å². The highest BCUT2D eigenvalue weighted by atomic mass is 32.1. The number of thiazole rings is 1. The van der Waals surface area contributed by atoms with Gasteiger partial charge in [0, 0.05) is 34.8 Å². The molecule has 2 aromatic carbocycles. The van der Waals surface area contributed by atoms with Crippen LogP contribution in [0.4, 0.5) is 8.78 Å². The summed E-state index contributed by atoms with van der Waals surface area (Å²) in [6, 6.07) is 10.6. The summed E-state index contributed by atoms with van der Waals surface area (Å²) < 4.78 is 26.4. The monoisotopic (exact) mass is 358 g/mol. The van der Waals surface area contributed by atoms with Crippen molar-refractivity contribution in [1.29, 1.82) is 0 Å². The van der Waals surface area contributed by atoms with E-state index in [2.05, 4.69) is 10.3 Å². The van der Waals surface area contributed by atoms with E-state index in [1.165, 1.54) is 12.1 Å². The minimum absolute atomic E-state index is 0.232. The van der Waals surface area contributed by atoms with Crippen LogP contribution in [0.25, 0.3) is 10.6 Å². The van der Waals surface area contributed by atoms with Gasteiger partial charge in [0.1, 0.15) is 16.6 Å². The van der Waals surface area contributed by atoms with E-state index in [1.807, 2.05) is 24.4 Å². The Labute approximate surface area is 148 Å². The van der Waals surface area contributed by atoms with Crippen LogP contribution in [0.1, 0.15) is 21.6 Å². The number of halogens is 2. The summed E-state index contributed by atoms with van der Waals surface area (Å²) in [7, 11) is 0. The van der Waals surface area contributed by atoms with E-state index >= 15 is 0 Å². The normalized spacial score (nSPS) is 10.7. The number of amides is 1. The molecule has 0 saturated heterocycles. The number of aryl methyl sites for hydroxylation is 1. The van der Waals surface area contributed by atoms with E-state index in [9.17, 15) is 13.6 Å². The summed E-state index contributed by atoms with van der Waals surface area (Å²) in [6.07, 6.45) is 0.300. The Balaban J connectivity index is 1.58. The van der Waals surface area contributed by atoms with Crippen molar-refractivity contribution in [2.24, 2.45) is 0 Å². The fourth-order valence-electron chi connectivity index (χ4n) is 2.39. The Morgan fingerprint density at radius 3 is 2.56 bits per heavy atom. The maximum Gasteiger partial charge on any atom is 0.251 e.